The second kappa shape index (κ2) is 6.96. The second-order valence-corrected chi connectivity index (χ2v) is 8.94. The molecule has 2 N–H and O–H groups in total. The number of piperidine rings is 1. The summed E-state index contributed by atoms with van der Waals surface area (Å²) in [5.41, 5.74) is 7.18. The van der Waals surface area contributed by atoms with Crippen molar-refractivity contribution in [1.29, 1.82) is 0 Å². The van der Waals surface area contributed by atoms with Gasteiger partial charge in [0.05, 0.1) is 6.26 Å². The maximum absolute atomic E-state index is 11.6. The molecule has 0 bridgehead atoms. The molecule has 1 heterocycles. The number of hydrogen-bond acceptors (Lipinski definition) is 3. The van der Waals surface area contributed by atoms with Crippen LogP contribution in [-0.2, 0) is 10.0 Å². The lowest BCUT2D eigenvalue weighted by Gasteiger charge is -2.32. The van der Waals surface area contributed by atoms with Crippen molar-refractivity contribution < 1.29 is 8.42 Å². The van der Waals surface area contributed by atoms with Gasteiger partial charge < -0.3 is 5.73 Å². The van der Waals surface area contributed by atoms with Crippen molar-refractivity contribution in [3.63, 3.8) is 0 Å². The first-order valence-electron chi connectivity index (χ1n) is 6.93. The van der Waals surface area contributed by atoms with E-state index in [-0.39, 0.29) is 12.0 Å². The molecule has 0 saturated carbocycles. The lowest BCUT2D eigenvalue weighted by Crippen LogP contribution is -2.40. The lowest BCUT2D eigenvalue weighted by atomic mass is 9.90. The van der Waals surface area contributed by atoms with E-state index in [0.29, 0.717) is 18.1 Å². The van der Waals surface area contributed by atoms with Crippen molar-refractivity contribution >= 4 is 37.6 Å². The third-order valence-corrected chi connectivity index (χ3v) is 5.99. The van der Waals surface area contributed by atoms with Crippen LogP contribution in [0.25, 0.3) is 0 Å². The molecule has 0 aromatic heterocycles. The summed E-state index contributed by atoms with van der Waals surface area (Å²) >= 11 is 9.60. The summed E-state index contributed by atoms with van der Waals surface area (Å²) < 4.78 is 25.8. The van der Waals surface area contributed by atoms with Crippen molar-refractivity contribution in [2.75, 3.05) is 19.3 Å². The summed E-state index contributed by atoms with van der Waals surface area (Å²) in [5.74, 6) is 0.281. The molecule has 0 amide bonds. The van der Waals surface area contributed by atoms with Gasteiger partial charge in [0.2, 0.25) is 10.0 Å². The molecule has 1 fully saturated rings. The van der Waals surface area contributed by atoms with Gasteiger partial charge in [0.1, 0.15) is 0 Å². The van der Waals surface area contributed by atoms with Crippen molar-refractivity contribution in [3.05, 3.63) is 33.3 Å². The first-order valence-corrected chi connectivity index (χ1v) is 9.95. The predicted molar refractivity (Wildman–Crippen MR) is 89.8 cm³/mol. The van der Waals surface area contributed by atoms with E-state index in [2.05, 4.69) is 15.9 Å². The molecule has 4 nitrogen and oxygen atoms in total. The van der Waals surface area contributed by atoms with E-state index in [1.165, 1.54) is 6.26 Å². The second-order valence-electron chi connectivity index (χ2n) is 5.64. The van der Waals surface area contributed by atoms with E-state index in [9.17, 15) is 8.42 Å². The summed E-state index contributed by atoms with van der Waals surface area (Å²) in [6, 6.07) is 5.51. The van der Waals surface area contributed by atoms with E-state index in [4.69, 9.17) is 17.3 Å². The molecule has 0 spiro atoms. The smallest absolute Gasteiger partial charge is 0.211 e. The Balaban J connectivity index is 2.03. The number of sulfonamides is 1. The highest BCUT2D eigenvalue weighted by molar-refractivity contribution is 9.10. The topological polar surface area (TPSA) is 63.4 Å². The number of hydrogen-bond donors (Lipinski definition) is 1. The molecule has 1 aliphatic heterocycles. The zero-order valence-electron chi connectivity index (χ0n) is 11.9. The lowest BCUT2D eigenvalue weighted by molar-refractivity contribution is 0.247. The zero-order valence-corrected chi connectivity index (χ0v) is 15.1. The fourth-order valence-corrected chi connectivity index (χ4v) is 4.56. The fourth-order valence-electron chi connectivity index (χ4n) is 2.81. The predicted octanol–water partition coefficient (Wildman–Crippen LogP) is 3.16. The molecule has 118 valence electrons. The molecule has 7 heteroatoms. The van der Waals surface area contributed by atoms with Crippen molar-refractivity contribution in [1.82, 2.24) is 4.31 Å². The largest absolute Gasteiger partial charge is 0.324 e. The Morgan fingerprint density at radius 3 is 2.86 bits per heavy atom. The van der Waals surface area contributed by atoms with E-state index in [1.54, 1.807) is 4.31 Å². The fraction of sp³-hybridized carbons (Fsp3) is 0.571. The van der Waals surface area contributed by atoms with Crippen molar-refractivity contribution in [3.8, 4) is 0 Å². The third kappa shape index (κ3) is 4.66. The standard InChI is InChI=1S/C14H20BrClN2O2S/c1-21(19,20)18-6-2-3-10(9-18)7-14(17)12-5-4-11(15)8-13(12)16/h4-5,8,10,14H,2-3,6-7,9,17H2,1H3. The maximum atomic E-state index is 11.6. The van der Waals surface area contributed by atoms with E-state index >= 15 is 0 Å². The molecule has 1 aromatic rings. The van der Waals surface area contributed by atoms with Gasteiger partial charge in [0.15, 0.2) is 0 Å². The number of nitrogens with zero attached hydrogens (tertiary/aromatic N) is 1. The van der Waals surface area contributed by atoms with Gasteiger partial charge in [-0.15, -0.1) is 0 Å². The molecule has 0 radical (unpaired) electrons. The van der Waals surface area contributed by atoms with E-state index in [0.717, 1.165) is 29.3 Å². The van der Waals surface area contributed by atoms with Crippen molar-refractivity contribution in [2.45, 2.75) is 25.3 Å². The minimum absolute atomic E-state index is 0.171. The molecule has 1 saturated heterocycles. The van der Waals surface area contributed by atoms with Crippen LogP contribution in [0.3, 0.4) is 0 Å². The number of benzene rings is 1. The van der Waals surface area contributed by atoms with Gasteiger partial charge in [0, 0.05) is 28.6 Å². The summed E-state index contributed by atoms with van der Waals surface area (Å²) in [4.78, 5) is 0. The highest BCUT2D eigenvalue weighted by Crippen LogP contribution is 2.31. The van der Waals surface area contributed by atoms with Gasteiger partial charge >= 0.3 is 0 Å². The first-order chi connectivity index (χ1) is 9.77. The number of halogens is 2. The molecule has 2 atom stereocenters. The normalized spacial score (nSPS) is 22.2. The van der Waals surface area contributed by atoms with Crippen LogP contribution in [0.15, 0.2) is 22.7 Å². The Morgan fingerprint density at radius 1 is 1.52 bits per heavy atom. The molecular formula is C14H20BrClN2O2S. The van der Waals surface area contributed by atoms with Crippen LogP contribution in [0.1, 0.15) is 30.9 Å². The molecular weight excluding hydrogens is 376 g/mol. The van der Waals surface area contributed by atoms with Crippen LogP contribution >= 0.6 is 27.5 Å². The first kappa shape index (κ1) is 17.2. The quantitative estimate of drug-likeness (QED) is 0.851. The van der Waals surface area contributed by atoms with Crippen LogP contribution in [-0.4, -0.2) is 32.1 Å². The monoisotopic (exact) mass is 394 g/mol. The van der Waals surface area contributed by atoms with Gasteiger partial charge in [-0.3, -0.25) is 0 Å². The molecule has 2 unspecified atom stereocenters. The minimum atomic E-state index is -3.11. The van der Waals surface area contributed by atoms with Crippen LogP contribution in [0.2, 0.25) is 5.02 Å². The summed E-state index contributed by atoms with van der Waals surface area (Å²) in [6.07, 6.45) is 3.90. The molecule has 2 rings (SSSR count). The van der Waals surface area contributed by atoms with Crippen molar-refractivity contribution in [2.24, 2.45) is 11.7 Å². The van der Waals surface area contributed by atoms with Crippen LogP contribution in [0, 0.1) is 5.92 Å². The van der Waals surface area contributed by atoms with Crippen LogP contribution in [0.5, 0.6) is 0 Å². The Labute approximate surface area is 139 Å². The zero-order chi connectivity index (χ0) is 15.6. The highest BCUT2D eigenvalue weighted by atomic mass is 79.9. The van der Waals surface area contributed by atoms with Gasteiger partial charge in [-0.05, 0) is 42.9 Å². The van der Waals surface area contributed by atoms with E-state index < -0.39 is 10.0 Å². The Morgan fingerprint density at radius 2 is 2.24 bits per heavy atom. The summed E-state index contributed by atoms with van der Waals surface area (Å²) in [5, 5.41) is 0.646. The van der Waals surface area contributed by atoms with Gasteiger partial charge in [-0.25, -0.2) is 12.7 Å². The van der Waals surface area contributed by atoms with Gasteiger partial charge in [-0.1, -0.05) is 33.6 Å². The van der Waals surface area contributed by atoms with E-state index in [1.807, 2.05) is 18.2 Å². The molecule has 0 aliphatic carbocycles. The van der Waals surface area contributed by atoms with Gasteiger partial charge in [0.25, 0.3) is 0 Å². The maximum Gasteiger partial charge on any atom is 0.211 e. The third-order valence-electron chi connectivity index (χ3n) is 3.90. The highest BCUT2D eigenvalue weighted by Gasteiger charge is 2.27. The average Bonchev–Trinajstić information content (AvgIpc) is 2.37. The average molecular weight is 396 g/mol. The summed E-state index contributed by atoms with van der Waals surface area (Å²) in [7, 11) is -3.11. The van der Waals surface area contributed by atoms with Crippen LogP contribution in [0.4, 0.5) is 0 Å². The summed E-state index contributed by atoms with van der Waals surface area (Å²) in [6.45, 7) is 1.17. The molecule has 1 aromatic carbocycles. The number of nitrogens with two attached hydrogens (primary N) is 1. The Bertz CT molecular complexity index is 609. The Hall–Kier alpha value is -0.140. The minimum Gasteiger partial charge on any atom is -0.324 e. The molecule has 1 aliphatic rings. The SMILES string of the molecule is CS(=O)(=O)N1CCCC(CC(N)c2ccc(Br)cc2Cl)C1. The van der Waals surface area contributed by atoms with Gasteiger partial charge in [-0.2, -0.15) is 0 Å². The molecule has 21 heavy (non-hydrogen) atoms. The Kier molecular flexibility index (Phi) is 5.71. The van der Waals surface area contributed by atoms with Crippen LogP contribution < -0.4 is 5.73 Å². The number of rotatable bonds is 4.